The fourth-order valence-corrected chi connectivity index (χ4v) is 2.67. The van der Waals surface area contributed by atoms with Gasteiger partial charge in [0.05, 0.1) is 7.11 Å². The lowest BCUT2D eigenvalue weighted by atomic mass is 9.79. The molecule has 0 radical (unpaired) electrons. The normalized spacial score (nSPS) is 21.0. The number of nitrogens with zero attached hydrogens (tertiary/aromatic N) is 1. The van der Waals surface area contributed by atoms with Crippen molar-refractivity contribution < 1.29 is 19.1 Å². The number of carbonyl (C=O) groups excluding carboxylic acids is 2. The first-order chi connectivity index (χ1) is 10.3. The highest BCUT2D eigenvalue weighted by Crippen LogP contribution is 2.36. The van der Waals surface area contributed by atoms with Gasteiger partial charge in [0, 0.05) is 13.0 Å². The van der Waals surface area contributed by atoms with Gasteiger partial charge in [-0.25, -0.2) is 9.59 Å². The van der Waals surface area contributed by atoms with Gasteiger partial charge in [-0.2, -0.15) is 0 Å². The summed E-state index contributed by atoms with van der Waals surface area (Å²) in [5, 5.41) is 0. The van der Waals surface area contributed by atoms with Crippen LogP contribution >= 0.6 is 0 Å². The van der Waals surface area contributed by atoms with E-state index in [9.17, 15) is 9.59 Å². The second-order valence-corrected chi connectivity index (χ2v) is 6.57. The Kier molecular flexibility index (Phi) is 4.44. The Hall–Kier alpha value is -2.04. The van der Waals surface area contributed by atoms with Crippen LogP contribution in [0.2, 0.25) is 0 Å². The molecule has 1 aromatic carbocycles. The largest absolute Gasteiger partial charge is 0.467 e. The quantitative estimate of drug-likeness (QED) is 0.806. The van der Waals surface area contributed by atoms with Crippen molar-refractivity contribution in [1.82, 2.24) is 4.90 Å². The molecule has 0 aliphatic carbocycles. The molecular weight excluding hydrogens is 282 g/mol. The summed E-state index contributed by atoms with van der Waals surface area (Å²) < 4.78 is 10.4. The van der Waals surface area contributed by atoms with Crippen LogP contribution in [-0.4, -0.2) is 41.8 Å². The van der Waals surface area contributed by atoms with Crippen LogP contribution in [0.3, 0.4) is 0 Å². The van der Waals surface area contributed by atoms with Gasteiger partial charge in [-0.05, 0) is 32.8 Å². The van der Waals surface area contributed by atoms with Gasteiger partial charge >= 0.3 is 12.1 Å². The molecule has 1 atom stereocenters. The van der Waals surface area contributed by atoms with Crippen LogP contribution in [0.4, 0.5) is 4.79 Å². The maximum Gasteiger partial charge on any atom is 0.411 e. The first-order valence-corrected chi connectivity index (χ1v) is 7.41. The van der Waals surface area contributed by atoms with E-state index in [1.54, 1.807) is 0 Å². The fraction of sp³-hybridized carbons (Fsp3) is 0.529. The van der Waals surface area contributed by atoms with E-state index in [4.69, 9.17) is 9.47 Å². The van der Waals surface area contributed by atoms with Gasteiger partial charge in [-0.1, -0.05) is 30.3 Å². The van der Waals surface area contributed by atoms with E-state index in [0.717, 1.165) is 5.56 Å². The molecule has 1 aliphatic rings. The molecule has 0 aromatic heterocycles. The van der Waals surface area contributed by atoms with Gasteiger partial charge in [0.25, 0.3) is 0 Å². The highest BCUT2D eigenvalue weighted by Gasteiger charge is 2.55. The number of hydrogen-bond acceptors (Lipinski definition) is 4. The van der Waals surface area contributed by atoms with Gasteiger partial charge in [0.2, 0.25) is 0 Å². The number of esters is 1. The summed E-state index contributed by atoms with van der Waals surface area (Å²) in [6, 6.07) is 9.63. The van der Waals surface area contributed by atoms with E-state index < -0.39 is 23.2 Å². The minimum atomic E-state index is -0.960. The van der Waals surface area contributed by atoms with Crippen molar-refractivity contribution in [2.75, 3.05) is 13.7 Å². The van der Waals surface area contributed by atoms with Crippen LogP contribution in [0.1, 0.15) is 32.8 Å². The van der Waals surface area contributed by atoms with Gasteiger partial charge in [0.15, 0.2) is 0 Å². The lowest BCUT2D eigenvalue weighted by Crippen LogP contribution is -2.68. The molecule has 1 saturated heterocycles. The fourth-order valence-electron chi connectivity index (χ4n) is 2.67. The smallest absolute Gasteiger partial charge is 0.411 e. The lowest BCUT2D eigenvalue weighted by molar-refractivity contribution is -0.163. The summed E-state index contributed by atoms with van der Waals surface area (Å²) in [6.45, 7) is 5.92. The van der Waals surface area contributed by atoms with Crippen molar-refractivity contribution >= 4 is 12.1 Å². The van der Waals surface area contributed by atoms with Gasteiger partial charge < -0.3 is 9.47 Å². The maximum atomic E-state index is 12.4. The molecule has 5 heteroatoms. The van der Waals surface area contributed by atoms with Crippen LogP contribution in [0.15, 0.2) is 30.3 Å². The third-order valence-electron chi connectivity index (χ3n) is 3.78. The number of benzene rings is 1. The zero-order valence-electron chi connectivity index (χ0n) is 13.6. The molecule has 120 valence electrons. The Morgan fingerprint density at radius 2 is 1.86 bits per heavy atom. The molecule has 5 nitrogen and oxygen atoms in total. The molecule has 1 fully saturated rings. The third kappa shape index (κ3) is 3.24. The van der Waals surface area contributed by atoms with E-state index in [1.165, 1.54) is 12.0 Å². The molecular formula is C17H23NO4. The summed E-state index contributed by atoms with van der Waals surface area (Å²) in [5.74, 6) is -0.395. The van der Waals surface area contributed by atoms with E-state index >= 15 is 0 Å². The number of hydrogen-bond donors (Lipinski definition) is 0. The van der Waals surface area contributed by atoms with Crippen LogP contribution < -0.4 is 0 Å². The van der Waals surface area contributed by atoms with E-state index in [2.05, 4.69) is 0 Å². The van der Waals surface area contributed by atoms with Gasteiger partial charge in [-0.3, -0.25) is 4.90 Å². The molecule has 1 aromatic rings. The number of rotatable bonds is 3. The zero-order chi connectivity index (χ0) is 16.4. The minimum absolute atomic E-state index is 0.395. The Morgan fingerprint density at radius 3 is 2.32 bits per heavy atom. The van der Waals surface area contributed by atoms with Crippen molar-refractivity contribution in [2.45, 2.75) is 44.8 Å². The van der Waals surface area contributed by atoms with Crippen LogP contribution in [-0.2, 0) is 20.7 Å². The molecule has 0 unspecified atom stereocenters. The Labute approximate surface area is 131 Å². The van der Waals surface area contributed by atoms with E-state index in [0.29, 0.717) is 19.4 Å². The number of likely N-dealkylation sites (tertiary alicyclic amines) is 1. The summed E-state index contributed by atoms with van der Waals surface area (Å²) in [6.07, 6.45) is 0.535. The second-order valence-electron chi connectivity index (χ2n) is 6.57. The predicted octanol–water partition coefficient (Wildman–Crippen LogP) is 2.78. The monoisotopic (exact) mass is 305 g/mol. The second kappa shape index (κ2) is 5.99. The average molecular weight is 305 g/mol. The molecule has 1 aliphatic heterocycles. The highest BCUT2D eigenvalue weighted by atomic mass is 16.6. The lowest BCUT2D eigenvalue weighted by Gasteiger charge is -2.50. The SMILES string of the molecule is COC(=O)[C@]1(Cc2ccccc2)CCN1C(=O)OC(C)(C)C. The standard InChI is InChI=1S/C17H23NO4/c1-16(2,3)22-15(20)18-11-10-17(18,14(19)21-4)12-13-8-6-5-7-9-13/h5-9H,10-12H2,1-4H3/t17-/m1/s1. The Balaban J connectivity index is 2.23. The number of amides is 1. The van der Waals surface area contributed by atoms with Crippen molar-refractivity contribution in [1.29, 1.82) is 0 Å². The van der Waals surface area contributed by atoms with Crippen molar-refractivity contribution in [3.63, 3.8) is 0 Å². The molecule has 22 heavy (non-hydrogen) atoms. The third-order valence-corrected chi connectivity index (χ3v) is 3.78. The summed E-state index contributed by atoms with van der Waals surface area (Å²) in [7, 11) is 1.35. The van der Waals surface area contributed by atoms with Gasteiger partial charge in [-0.15, -0.1) is 0 Å². The van der Waals surface area contributed by atoms with E-state index in [1.807, 2.05) is 51.1 Å². The first-order valence-electron chi connectivity index (χ1n) is 7.41. The Morgan fingerprint density at radius 1 is 1.23 bits per heavy atom. The van der Waals surface area contributed by atoms with E-state index in [-0.39, 0.29) is 0 Å². The predicted molar refractivity (Wildman–Crippen MR) is 82.5 cm³/mol. The summed E-state index contributed by atoms with van der Waals surface area (Å²) >= 11 is 0. The summed E-state index contributed by atoms with van der Waals surface area (Å²) in [4.78, 5) is 26.2. The van der Waals surface area contributed by atoms with Crippen molar-refractivity contribution in [3.05, 3.63) is 35.9 Å². The maximum absolute atomic E-state index is 12.4. The molecule has 0 bridgehead atoms. The molecule has 2 rings (SSSR count). The van der Waals surface area contributed by atoms with Gasteiger partial charge in [0.1, 0.15) is 11.1 Å². The molecule has 1 heterocycles. The first kappa shape index (κ1) is 16.3. The van der Waals surface area contributed by atoms with Crippen LogP contribution in [0.5, 0.6) is 0 Å². The number of carbonyl (C=O) groups is 2. The Bertz CT molecular complexity index is 550. The summed E-state index contributed by atoms with van der Waals surface area (Å²) in [5.41, 5.74) is -0.569. The number of methoxy groups -OCH3 is 1. The highest BCUT2D eigenvalue weighted by molar-refractivity contribution is 5.88. The number of ether oxygens (including phenoxy) is 2. The molecule has 0 spiro atoms. The molecule has 1 amide bonds. The van der Waals surface area contributed by atoms with Crippen LogP contribution in [0.25, 0.3) is 0 Å². The minimum Gasteiger partial charge on any atom is -0.467 e. The zero-order valence-corrected chi connectivity index (χ0v) is 13.6. The molecule has 0 N–H and O–H groups in total. The van der Waals surface area contributed by atoms with Crippen molar-refractivity contribution in [2.24, 2.45) is 0 Å². The topological polar surface area (TPSA) is 55.8 Å². The van der Waals surface area contributed by atoms with Crippen LogP contribution in [0, 0.1) is 0 Å². The van der Waals surface area contributed by atoms with Crippen molar-refractivity contribution in [3.8, 4) is 0 Å². The molecule has 0 saturated carbocycles. The average Bonchev–Trinajstić information content (AvgIpc) is 2.41.